The largest absolute Gasteiger partial charge is 0.478 e. The van der Waals surface area contributed by atoms with Crippen LogP contribution in [0.15, 0.2) is 78.2 Å². The van der Waals surface area contributed by atoms with Gasteiger partial charge >= 0.3 is 0 Å². The smallest absolute Gasteiger partial charge is 0.265 e. The number of hydrogen-bond donors (Lipinski definition) is 1. The van der Waals surface area contributed by atoms with Gasteiger partial charge in [0.05, 0.1) is 24.7 Å². The summed E-state index contributed by atoms with van der Waals surface area (Å²) in [5.74, 6) is 0.0806. The number of methoxy groups -OCH3 is 2. The number of hydrogen-bond acceptors (Lipinski definition) is 8. The molecule has 9 nitrogen and oxygen atoms in total. The molecule has 10 heteroatoms. The first-order chi connectivity index (χ1) is 16.4. The summed E-state index contributed by atoms with van der Waals surface area (Å²) in [4.78, 5) is 16.8. The SMILES string of the molecule is COc1nc(C)cnc1NS(=O)(=O)c1cccnc1-c1ccc(C(OC)c2cccnc2)cc1. The number of rotatable bonds is 8. The molecule has 3 aromatic heterocycles. The zero-order valence-corrected chi connectivity index (χ0v) is 19.7. The lowest BCUT2D eigenvalue weighted by Crippen LogP contribution is -2.16. The van der Waals surface area contributed by atoms with Gasteiger partial charge < -0.3 is 9.47 Å². The Morgan fingerprint density at radius 1 is 0.912 bits per heavy atom. The van der Waals surface area contributed by atoms with E-state index in [0.717, 1.165) is 11.1 Å². The van der Waals surface area contributed by atoms with Crippen LogP contribution in [0.25, 0.3) is 11.3 Å². The van der Waals surface area contributed by atoms with Crippen molar-refractivity contribution in [1.29, 1.82) is 0 Å². The van der Waals surface area contributed by atoms with Crippen LogP contribution in [0, 0.1) is 6.92 Å². The molecular formula is C24H23N5O4S. The molecule has 1 aromatic carbocycles. The fraction of sp³-hybridized carbons (Fsp3) is 0.167. The highest BCUT2D eigenvalue weighted by molar-refractivity contribution is 7.92. The van der Waals surface area contributed by atoms with E-state index in [0.29, 0.717) is 17.0 Å². The second-order valence-corrected chi connectivity index (χ2v) is 9.00. The average Bonchev–Trinajstić information content (AvgIpc) is 2.86. The summed E-state index contributed by atoms with van der Waals surface area (Å²) in [5, 5.41) is 0. The maximum atomic E-state index is 13.3. The summed E-state index contributed by atoms with van der Waals surface area (Å²) in [6.07, 6.45) is 6.15. The zero-order chi connectivity index (χ0) is 24.1. The lowest BCUT2D eigenvalue weighted by atomic mass is 10.0. The molecule has 3 heterocycles. The molecule has 4 rings (SSSR count). The van der Waals surface area contributed by atoms with E-state index < -0.39 is 10.0 Å². The third-order valence-electron chi connectivity index (χ3n) is 5.06. The number of aryl methyl sites for hydroxylation is 1. The summed E-state index contributed by atoms with van der Waals surface area (Å²) < 4.78 is 39.8. The Kier molecular flexibility index (Phi) is 6.80. The first kappa shape index (κ1) is 23.3. The molecule has 0 saturated heterocycles. The number of pyridine rings is 2. The lowest BCUT2D eigenvalue weighted by molar-refractivity contribution is 0.136. The summed E-state index contributed by atoms with van der Waals surface area (Å²) in [6.45, 7) is 1.74. The number of aromatic nitrogens is 4. The van der Waals surface area contributed by atoms with Gasteiger partial charge in [-0.1, -0.05) is 30.3 Å². The monoisotopic (exact) mass is 477 g/mol. The Bertz CT molecular complexity index is 1380. The van der Waals surface area contributed by atoms with Crippen LogP contribution in [0.3, 0.4) is 0 Å². The van der Waals surface area contributed by atoms with Gasteiger partial charge in [0.15, 0.2) is 0 Å². The number of ether oxygens (including phenoxy) is 2. The van der Waals surface area contributed by atoms with Crippen LogP contribution >= 0.6 is 0 Å². The summed E-state index contributed by atoms with van der Waals surface area (Å²) in [7, 11) is -1.01. The van der Waals surface area contributed by atoms with Crippen molar-refractivity contribution in [2.75, 3.05) is 18.9 Å². The topological polar surface area (TPSA) is 116 Å². The third kappa shape index (κ3) is 4.87. The van der Waals surface area contributed by atoms with E-state index in [1.807, 2.05) is 36.4 Å². The highest BCUT2D eigenvalue weighted by atomic mass is 32.2. The van der Waals surface area contributed by atoms with E-state index in [2.05, 4.69) is 24.7 Å². The number of benzene rings is 1. The Morgan fingerprint density at radius 3 is 2.35 bits per heavy atom. The van der Waals surface area contributed by atoms with Crippen LogP contribution in [0.5, 0.6) is 5.88 Å². The van der Waals surface area contributed by atoms with Crippen LogP contribution in [0.1, 0.15) is 22.9 Å². The molecule has 0 fully saturated rings. The van der Waals surface area contributed by atoms with Crippen molar-refractivity contribution in [3.05, 3.63) is 90.1 Å². The molecule has 0 amide bonds. The average molecular weight is 478 g/mol. The van der Waals surface area contributed by atoms with E-state index in [9.17, 15) is 8.42 Å². The predicted molar refractivity (Wildman–Crippen MR) is 127 cm³/mol. The van der Waals surface area contributed by atoms with Gasteiger partial charge in [0.1, 0.15) is 11.0 Å². The van der Waals surface area contributed by atoms with Crippen LogP contribution in [0.2, 0.25) is 0 Å². The van der Waals surface area contributed by atoms with Gasteiger partial charge in [0.25, 0.3) is 15.9 Å². The van der Waals surface area contributed by atoms with Crippen molar-refractivity contribution in [3.63, 3.8) is 0 Å². The van der Waals surface area contributed by atoms with Crippen molar-refractivity contribution in [2.45, 2.75) is 17.9 Å². The Balaban J connectivity index is 1.67. The molecule has 0 radical (unpaired) electrons. The standard InChI is InChI=1S/C24H23N5O4S/c1-16-14-27-23(24(28-16)33-3)29-34(30,31)20-7-5-13-26-21(20)17-8-10-18(11-9-17)22(32-2)19-6-4-12-25-15-19/h4-15,22H,1-3H3,(H,27,29). The van der Waals surface area contributed by atoms with E-state index in [-0.39, 0.29) is 22.7 Å². The van der Waals surface area contributed by atoms with Gasteiger partial charge in [0, 0.05) is 36.8 Å². The minimum Gasteiger partial charge on any atom is -0.478 e. The second kappa shape index (κ2) is 9.94. The van der Waals surface area contributed by atoms with E-state index in [4.69, 9.17) is 9.47 Å². The first-order valence-electron chi connectivity index (χ1n) is 10.3. The maximum absolute atomic E-state index is 13.3. The van der Waals surface area contributed by atoms with Crippen LogP contribution < -0.4 is 9.46 Å². The number of anilines is 1. The number of nitrogens with zero attached hydrogens (tertiary/aromatic N) is 4. The van der Waals surface area contributed by atoms with Crippen molar-refractivity contribution >= 4 is 15.8 Å². The highest BCUT2D eigenvalue weighted by Crippen LogP contribution is 2.31. The Morgan fingerprint density at radius 2 is 1.68 bits per heavy atom. The second-order valence-electron chi connectivity index (χ2n) is 7.35. The fourth-order valence-electron chi connectivity index (χ4n) is 3.49. The highest BCUT2D eigenvalue weighted by Gasteiger charge is 2.23. The molecule has 1 N–H and O–H groups in total. The predicted octanol–water partition coefficient (Wildman–Crippen LogP) is 3.79. The third-order valence-corrected chi connectivity index (χ3v) is 6.43. The molecular weight excluding hydrogens is 454 g/mol. The zero-order valence-electron chi connectivity index (χ0n) is 18.8. The van der Waals surface area contributed by atoms with Crippen LogP contribution in [-0.2, 0) is 14.8 Å². The van der Waals surface area contributed by atoms with Crippen molar-refractivity contribution in [1.82, 2.24) is 19.9 Å². The molecule has 1 atom stereocenters. The van der Waals surface area contributed by atoms with E-state index >= 15 is 0 Å². The lowest BCUT2D eigenvalue weighted by Gasteiger charge is -2.17. The molecule has 0 aliphatic carbocycles. The van der Waals surface area contributed by atoms with Gasteiger partial charge in [-0.15, -0.1) is 0 Å². The van der Waals surface area contributed by atoms with Gasteiger partial charge in [-0.2, -0.15) is 0 Å². The van der Waals surface area contributed by atoms with Gasteiger partial charge in [-0.05, 0) is 30.7 Å². The molecule has 174 valence electrons. The molecule has 0 bridgehead atoms. The number of sulfonamides is 1. The normalized spacial score (nSPS) is 12.2. The molecule has 4 aromatic rings. The molecule has 0 spiro atoms. The van der Waals surface area contributed by atoms with Crippen LogP contribution in [0.4, 0.5) is 5.82 Å². The summed E-state index contributed by atoms with van der Waals surface area (Å²) >= 11 is 0. The first-order valence-corrected chi connectivity index (χ1v) is 11.8. The van der Waals surface area contributed by atoms with Crippen molar-refractivity contribution < 1.29 is 17.9 Å². The van der Waals surface area contributed by atoms with Gasteiger partial charge in [0.2, 0.25) is 5.82 Å². The summed E-state index contributed by atoms with van der Waals surface area (Å²) in [6, 6.07) is 14.2. The molecule has 0 aliphatic rings. The van der Waals surface area contributed by atoms with E-state index in [1.54, 1.807) is 38.7 Å². The Labute approximate surface area is 197 Å². The molecule has 1 unspecified atom stereocenters. The van der Waals surface area contributed by atoms with Crippen LogP contribution in [-0.4, -0.2) is 42.6 Å². The molecule has 0 aliphatic heterocycles. The number of nitrogens with one attached hydrogen (secondary N) is 1. The van der Waals surface area contributed by atoms with E-state index in [1.165, 1.54) is 19.4 Å². The van der Waals surface area contributed by atoms with Gasteiger partial charge in [-0.25, -0.2) is 18.4 Å². The maximum Gasteiger partial charge on any atom is 0.265 e. The van der Waals surface area contributed by atoms with Crippen molar-refractivity contribution in [2.24, 2.45) is 0 Å². The minimum absolute atomic E-state index is 0.00217. The minimum atomic E-state index is -4.04. The molecule has 34 heavy (non-hydrogen) atoms. The fourth-order valence-corrected chi connectivity index (χ4v) is 4.67. The Hall–Kier alpha value is -3.89. The molecule has 0 saturated carbocycles. The van der Waals surface area contributed by atoms with Crippen molar-refractivity contribution in [3.8, 4) is 17.1 Å². The quantitative estimate of drug-likeness (QED) is 0.407. The summed E-state index contributed by atoms with van der Waals surface area (Å²) in [5.41, 5.74) is 3.35. The van der Waals surface area contributed by atoms with Gasteiger partial charge in [-0.3, -0.25) is 14.7 Å².